The van der Waals surface area contributed by atoms with E-state index in [-0.39, 0.29) is 5.54 Å². The van der Waals surface area contributed by atoms with Gasteiger partial charge in [0.1, 0.15) is 5.75 Å². The molecule has 1 aliphatic heterocycles. The Morgan fingerprint density at radius 2 is 1.95 bits per heavy atom. The molecule has 3 heteroatoms. The molecule has 0 radical (unpaired) electrons. The maximum atomic E-state index is 5.65. The van der Waals surface area contributed by atoms with Crippen LogP contribution in [-0.2, 0) is 6.54 Å². The summed E-state index contributed by atoms with van der Waals surface area (Å²) in [5.74, 6) is 0.978. The zero-order valence-corrected chi connectivity index (χ0v) is 14.9. The molecule has 1 aromatic rings. The van der Waals surface area contributed by atoms with Crippen LogP contribution in [0.1, 0.15) is 52.2 Å². The third-order valence-electron chi connectivity index (χ3n) is 4.39. The van der Waals surface area contributed by atoms with Crippen molar-refractivity contribution in [2.75, 3.05) is 25.1 Å². The van der Waals surface area contributed by atoms with Crippen LogP contribution in [0.3, 0.4) is 0 Å². The van der Waals surface area contributed by atoms with Gasteiger partial charge in [0.15, 0.2) is 0 Å². The molecule has 2 rings (SSSR count). The number of allylic oxidation sites excluding steroid dienone is 1. The van der Waals surface area contributed by atoms with Crippen molar-refractivity contribution in [3.8, 4) is 5.75 Å². The molecule has 1 heterocycles. The standard InChI is InChI=1S/C19H30N2O/c1-7-9-21-17-11-18(22-6)15(13-20-8-2)10-16(17)14(3)12-19(21,4)5/h10-12,20H,7-9,13H2,1-6H3. The second kappa shape index (κ2) is 6.74. The van der Waals surface area contributed by atoms with Crippen LogP contribution >= 0.6 is 0 Å². The van der Waals surface area contributed by atoms with Crippen molar-refractivity contribution >= 4 is 11.3 Å². The minimum atomic E-state index is 0.0429. The van der Waals surface area contributed by atoms with E-state index in [9.17, 15) is 0 Å². The number of anilines is 1. The number of nitrogens with one attached hydrogen (secondary N) is 1. The molecule has 0 unspecified atom stereocenters. The fourth-order valence-electron chi connectivity index (χ4n) is 3.37. The molecule has 0 spiro atoms. The largest absolute Gasteiger partial charge is 0.496 e. The monoisotopic (exact) mass is 302 g/mol. The van der Waals surface area contributed by atoms with E-state index in [1.54, 1.807) is 7.11 Å². The highest BCUT2D eigenvalue weighted by atomic mass is 16.5. The van der Waals surface area contributed by atoms with Crippen molar-refractivity contribution in [3.63, 3.8) is 0 Å². The first kappa shape index (κ1) is 16.9. The van der Waals surface area contributed by atoms with E-state index in [0.29, 0.717) is 0 Å². The Kier molecular flexibility index (Phi) is 5.17. The van der Waals surface area contributed by atoms with Crippen LogP contribution in [0.4, 0.5) is 5.69 Å². The van der Waals surface area contributed by atoms with Crippen molar-refractivity contribution in [1.82, 2.24) is 5.32 Å². The van der Waals surface area contributed by atoms with Crippen molar-refractivity contribution in [1.29, 1.82) is 0 Å². The van der Waals surface area contributed by atoms with E-state index in [1.807, 2.05) is 0 Å². The van der Waals surface area contributed by atoms with Gasteiger partial charge in [0.25, 0.3) is 0 Å². The highest BCUT2D eigenvalue weighted by Crippen LogP contribution is 2.42. The lowest BCUT2D eigenvalue weighted by atomic mass is 9.87. The summed E-state index contributed by atoms with van der Waals surface area (Å²) >= 11 is 0. The number of ether oxygens (including phenoxy) is 1. The lowest BCUT2D eigenvalue weighted by molar-refractivity contribution is 0.407. The molecule has 0 fully saturated rings. The zero-order valence-electron chi connectivity index (χ0n) is 14.9. The van der Waals surface area contributed by atoms with Crippen molar-refractivity contribution < 1.29 is 4.74 Å². The number of rotatable bonds is 6. The van der Waals surface area contributed by atoms with Crippen molar-refractivity contribution in [2.45, 2.75) is 53.1 Å². The van der Waals surface area contributed by atoms with Gasteiger partial charge in [0.2, 0.25) is 0 Å². The van der Waals surface area contributed by atoms with Crippen LogP contribution in [0.15, 0.2) is 18.2 Å². The average Bonchev–Trinajstić information content (AvgIpc) is 2.48. The van der Waals surface area contributed by atoms with Gasteiger partial charge in [-0.1, -0.05) is 19.9 Å². The highest BCUT2D eigenvalue weighted by molar-refractivity contribution is 5.82. The Morgan fingerprint density at radius 1 is 1.23 bits per heavy atom. The Morgan fingerprint density at radius 3 is 2.55 bits per heavy atom. The summed E-state index contributed by atoms with van der Waals surface area (Å²) in [5, 5.41) is 3.40. The second-order valence-corrected chi connectivity index (χ2v) is 6.59. The van der Waals surface area contributed by atoms with Gasteiger partial charge >= 0.3 is 0 Å². The minimum absolute atomic E-state index is 0.0429. The molecule has 0 saturated heterocycles. The summed E-state index contributed by atoms with van der Waals surface area (Å²) in [6.45, 7) is 14.0. The maximum Gasteiger partial charge on any atom is 0.125 e. The molecule has 0 amide bonds. The van der Waals surface area contributed by atoms with Gasteiger partial charge in [-0.15, -0.1) is 0 Å². The Balaban J connectivity index is 2.54. The van der Waals surface area contributed by atoms with E-state index >= 15 is 0 Å². The summed E-state index contributed by atoms with van der Waals surface area (Å²) in [6.07, 6.45) is 3.52. The molecule has 0 saturated carbocycles. The molecule has 0 atom stereocenters. The minimum Gasteiger partial charge on any atom is -0.496 e. The fraction of sp³-hybridized carbons (Fsp3) is 0.579. The smallest absolute Gasteiger partial charge is 0.125 e. The number of hydrogen-bond acceptors (Lipinski definition) is 3. The fourth-order valence-corrected chi connectivity index (χ4v) is 3.37. The Bertz CT molecular complexity index is 561. The predicted molar refractivity (Wildman–Crippen MR) is 95.7 cm³/mol. The molecular weight excluding hydrogens is 272 g/mol. The van der Waals surface area contributed by atoms with E-state index in [0.717, 1.165) is 31.8 Å². The first-order chi connectivity index (χ1) is 10.4. The number of nitrogens with zero attached hydrogens (tertiary/aromatic N) is 1. The molecule has 1 aliphatic rings. The van der Waals surface area contributed by atoms with Crippen molar-refractivity contribution in [2.24, 2.45) is 0 Å². The second-order valence-electron chi connectivity index (χ2n) is 6.59. The van der Waals surface area contributed by atoms with E-state index in [1.165, 1.54) is 22.4 Å². The molecule has 1 aromatic carbocycles. The summed E-state index contributed by atoms with van der Waals surface area (Å²) < 4.78 is 5.65. The summed E-state index contributed by atoms with van der Waals surface area (Å²) in [7, 11) is 1.76. The van der Waals surface area contributed by atoms with Gasteiger partial charge in [-0.2, -0.15) is 0 Å². The van der Waals surface area contributed by atoms with Crippen LogP contribution in [0.2, 0.25) is 0 Å². The molecule has 122 valence electrons. The normalized spacial score (nSPS) is 16.3. The van der Waals surface area contributed by atoms with Crippen LogP contribution < -0.4 is 15.0 Å². The third kappa shape index (κ3) is 3.14. The molecule has 0 aromatic heterocycles. The zero-order chi connectivity index (χ0) is 16.3. The quantitative estimate of drug-likeness (QED) is 0.851. The molecular formula is C19H30N2O. The third-order valence-corrected chi connectivity index (χ3v) is 4.39. The van der Waals surface area contributed by atoms with E-state index < -0.39 is 0 Å². The molecule has 1 N–H and O–H groups in total. The number of methoxy groups -OCH3 is 1. The first-order valence-electron chi connectivity index (χ1n) is 8.33. The Hall–Kier alpha value is -1.48. The van der Waals surface area contributed by atoms with Crippen LogP contribution in [-0.4, -0.2) is 25.7 Å². The number of hydrogen-bond donors (Lipinski definition) is 1. The van der Waals surface area contributed by atoms with E-state index in [2.05, 4.69) is 63.0 Å². The summed E-state index contributed by atoms with van der Waals surface area (Å²) in [4.78, 5) is 2.49. The van der Waals surface area contributed by atoms with Gasteiger partial charge < -0.3 is 15.0 Å². The lowest BCUT2D eigenvalue weighted by Crippen LogP contribution is -2.45. The SMILES string of the molecule is CCCN1c2cc(OC)c(CNCC)cc2C(C)=CC1(C)C. The summed E-state index contributed by atoms with van der Waals surface area (Å²) in [5.41, 5.74) is 5.26. The molecule has 0 bridgehead atoms. The predicted octanol–water partition coefficient (Wildman–Crippen LogP) is 4.22. The van der Waals surface area contributed by atoms with Gasteiger partial charge in [-0.25, -0.2) is 0 Å². The lowest BCUT2D eigenvalue weighted by Gasteiger charge is -2.43. The molecule has 3 nitrogen and oxygen atoms in total. The average molecular weight is 302 g/mol. The topological polar surface area (TPSA) is 24.5 Å². The van der Waals surface area contributed by atoms with Gasteiger partial charge in [0.05, 0.1) is 12.6 Å². The number of fused-ring (bicyclic) bond motifs is 1. The van der Waals surface area contributed by atoms with Crippen LogP contribution in [0.25, 0.3) is 5.57 Å². The molecule has 0 aliphatic carbocycles. The van der Waals surface area contributed by atoms with Gasteiger partial charge in [-0.05, 0) is 45.4 Å². The summed E-state index contributed by atoms with van der Waals surface area (Å²) in [6, 6.07) is 4.51. The van der Waals surface area contributed by atoms with E-state index in [4.69, 9.17) is 4.74 Å². The maximum absolute atomic E-state index is 5.65. The van der Waals surface area contributed by atoms with Crippen molar-refractivity contribution in [3.05, 3.63) is 29.3 Å². The first-order valence-corrected chi connectivity index (χ1v) is 8.33. The van der Waals surface area contributed by atoms with Crippen LogP contribution in [0.5, 0.6) is 5.75 Å². The molecule has 22 heavy (non-hydrogen) atoms. The van der Waals surface area contributed by atoms with Gasteiger partial charge in [-0.3, -0.25) is 0 Å². The number of benzene rings is 1. The highest BCUT2D eigenvalue weighted by Gasteiger charge is 2.31. The van der Waals surface area contributed by atoms with Gasteiger partial charge in [0, 0.05) is 36.0 Å². The Labute approximate surface area is 135 Å². The van der Waals surface area contributed by atoms with Crippen LogP contribution in [0, 0.1) is 0 Å².